The van der Waals surface area contributed by atoms with Crippen molar-refractivity contribution in [2.75, 3.05) is 5.32 Å². The van der Waals surface area contributed by atoms with Gasteiger partial charge in [0.2, 0.25) is 0 Å². The number of fused-ring (bicyclic) bond motifs is 1. The fourth-order valence-corrected chi connectivity index (χ4v) is 4.21. The summed E-state index contributed by atoms with van der Waals surface area (Å²) in [6.45, 7) is 2.15. The van der Waals surface area contributed by atoms with Gasteiger partial charge in [-0.3, -0.25) is 10.1 Å². The number of aromatic nitrogens is 1. The number of aryl methyl sites for hydroxylation is 1. The SMILES string of the molecule is CCc1ccc(Cc2cnc(NC(=O)C3=Cc4cc(Br)ccc4OC=C3)s2)cc1. The summed E-state index contributed by atoms with van der Waals surface area (Å²) in [5.74, 6) is 0.490. The van der Waals surface area contributed by atoms with E-state index in [9.17, 15) is 4.79 Å². The number of benzene rings is 2. The summed E-state index contributed by atoms with van der Waals surface area (Å²) in [7, 11) is 0. The normalized spacial score (nSPS) is 12.6. The molecule has 1 aliphatic rings. The molecular formula is C23H19BrN2O2S. The lowest BCUT2D eigenvalue weighted by Gasteiger charge is -2.04. The van der Waals surface area contributed by atoms with Crippen molar-refractivity contribution >= 4 is 44.4 Å². The second-order valence-corrected chi connectivity index (χ2v) is 8.67. The quantitative estimate of drug-likeness (QED) is 0.502. The molecule has 0 bridgehead atoms. The van der Waals surface area contributed by atoms with Crippen molar-refractivity contribution in [2.45, 2.75) is 19.8 Å². The van der Waals surface area contributed by atoms with Crippen molar-refractivity contribution in [3.63, 3.8) is 0 Å². The number of ether oxygens (including phenoxy) is 1. The van der Waals surface area contributed by atoms with Crippen LogP contribution in [-0.2, 0) is 17.6 Å². The van der Waals surface area contributed by atoms with Gasteiger partial charge in [-0.05, 0) is 47.9 Å². The summed E-state index contributed by atoms with van der Waals surface area (Å²) in [5.41, 5.74) is 3.91. The first-order valence-corrected chi connectivity index (χ1v) is 10.9. The van der Waals surface area contributed by atoms with Gasteiger partial charge in [0.05, 0.1) is 6.26 Å². The first kappa shape index (κ1) is 19.6. The molecule has 0 spiro atoms. The zero-order valence-corrected chi connectivity index (χ0v) is 18.2. The van der Waals surface area contributed by atoms with E-state index in [-0.39, 0.29) is 5.91 Å². The van der Waals surface area contributed by atoms with E-state index in [2.05, 4.69) is 57.4 Å². The molecule has 2 aromatic carbocycles. The number of thiazole rings is 1. The van der Waals surface area contributed by atoms with Gasteiger partial charge in [-0.1, -0.05) is 47.1 Å². The summed E-state index contributed by atoms with van der Waals surface area (Å²) in [6, 6.07) is 14.3. The Bertz CT molecular complexity index is 1100. The van der Waals surface area contributed by atoms with Crippen LogP contribution in [0.15, 0.2) is 71.0 Å². The van der Waals surface area contributed by atoms with Crippen molar-refractivity contribution < 1.29 is 9.53 Å². The molecule has 29 heavy (non-hydrogen) atoms. The number of nitrogens with zero attached hydrogens (tertiary/aromatic N) is 1. The average Bonchev–Trinajstić information content (AvgIpc) is 3.04. The van der Waals surface area contributed by atoms with Crippen LogP contribution in [-0.4, -0.2) is 10.9 Å². The number of hydrogen-bond acceptors (Lipinski definition) is 4. The Kier molecular flexibility index (Phi) is 5.92. The first-order valence-electron chi connectivity index (χ1n) is 9.29. The molecule has 0 atom stereocenters. The van der Waals surface area contributed by atoms with Gasteiger partial charge >= 0.3 is 0 Å². The van der Waals surface area contributed by atoms with Gasteiger partial charge in [-0.15, -0.1) is 11.3 Å². The van der Waals surface area contributed by atoms with Crippen molar-refractivity contribution in [2.24, 2.45) is 0 Å². The number of amides is 1. The molecule has 0 fully saturated rings. The van der Waals surface area contributed by atoms with Gasteiger partial charge in [0.25, 0.3) is 5.91 Å². The van der Waals surface area contributed by atoms with Gasteiger partial charge in [0, 0.05) is 33.1 Å². The highest BCUT2D eigenvalue weighted by Crippen LogP contribution is 2.29. The van der Waals surface area contributed by atoms with Gasteiger partial charge < -0.3 is 4.74 Å². The summed E-state index contributed by atoms with van der Waals surface area (Å²) < 4.78 is 6.50. The predicted molar refractivity (Wildman–Crippen MR) is 121 cm³/mol. The van der Waals surface area contributed by atoms with E-state index in [4.69, 9.17) is 4.74 Å². The number of carbonyl (C=O) groups is 1. The number of carbonyl (C=O) groups excluding carboxylic acids is 1. The lowest BCUT2D eigenvalue weighted by molar-refractivity contribution is -0.112. The standard InChI is InChI=1S/C23H19BrN2O2S/c1-2-15-3-5-16(6-4-15)11-20-14-25-23(29-20)26-22(27)17-9-10-28-21-8-7-19(24)13-18(21)12-17/h3-10,12-14H,2,11H2,1H3,(H,25,26,27). The summed E-state index contributed by atoms with van der Waals surface area (Å²) >= 11 is 4.94. The largest absolute Gasteiger partial charge is 0.464 e. The highest BCUT2D eigenvalue weighted by molar-refractivity contribution is 9.10. The highest BCUT2D eigenvalue weighted by atomic mass is 79.9. The Morgan fingerprint density at radius 2 is 1.97 bits per heavy atom. The second-order valence-electron chi connectivity index (χ2n) is 6.64. The number of rotatable bonds is 5. The Balaban J connectivity index is 1.46. The first-order chi connectivity index (χ1) is 14.1. The van der Waals surface area contributed by atoms with Gasteiger partial charge in [-0.25, -0.2) is 4.98 Å². The van der Waals surface area contributed by atoms with Crippen molar-refractivity contribution in [3.05, 3.63) is 92.6 Å². The molecule has 2 heterocycles. The predicted octanol–water partition coefficient (Wildman–Crippen LogP) is 5.99. The molecule has 0 radical (unpaired) electrons. The molecule has 6 heteroatoms. The van der Waals surface area contributed by atoms with Gasteiger partial charge in [-0.2, -0.15) is 0 Å². The molecular weight excluding hydrogens is 448 g/mol. The van der Waals surface area contributed by atoms with E-state index in [0.29, 0.717) is 16.5 Å². The number of halogens is 1. The van der Waals surface area contributed by atoms with Crippen LogP contribution in [0, 0.1) is 0 Å². The lowest BCUT2D eigenvalue weighted by atomic mass is 10.1. The van der Waals surface area contributed by atoms with Crippen LogP contribution in [0.3, 0.4) is 0 Å². The molecule has 0 saturated carbocycles. The maximum absolute atomic E-state index is 12.7. The molecule has 4 rings (SSSR count). The summed E-state index contributed by atoms with van der Waals surface area (Å²) in [6.07, 6.45) is 8.65. The third-order valence-electron chi connectivity index (χ3n) is 4.57. The van der Waals surface area contributed by atoms with Crippen LogP contribution in [0.5, 0.6) is 5.75 Å². The van der Waals surface area contributed by atoms with Gasteiger partial charge in [0.1, 0.15) is 5.75 Å². The van der Waals surface area contributed by atoms with E-state index in [1.165, 1.54) is 28.7 Å². The lowest BCUT2D eigenvalue weighted by Crippen LogP contribution is -2.12. The Labute approximate surface area is 182 Å². The molecule has 1 N–H and O–H groups in total. The van der Waals surface area contributed by atoms with Crippen LogP contribution >= 0.6 is 27.3 Å². The summed E-state index contributed by atoms with van der Waals surface area (Å²) in [4.78, 5) is 18.2. The third-order valence-corrected chi connectivity index (χ3v) is 5.98. The minimum atomic E-state index is -0.217. The Morgan fingerprint density at radius 3 is 2.76 bits per heavy atom. The molecule has 4 nitrogen and oxygen atoms in total. The van der Waals surface area contributed by atoms with Crippen molar-refractivity contribution in [1.82, 2.24) is 4.98 Å². The van der Waals surface area contributed by atoms with Crippen LogP contribution in [0.25, 0.3) is 6.08 Å². The van der Waals surface area contributed by atoms with Crippen LogP contribution in [0.4, 0.5) is 5.13 Å². The van der Waals surface area contributed by atoms with Crippen LogP contribution < -0.4 is 10.1 Å². The van der Waals surface area contributed by atoms with E-state index < -0.39 is 0 Å². The smallest absolute Gasteiger partial charge is 0.257 e. The summed E-state index contributed by atoms with van der Waals surface area (Å²) in [5, 5.41) is 3.48. The Morgan fingerprint density at radius 1 is 1.17 bits per heavy atom. The fraction of sp³-hybridized carbons (Fsp3) is 0.130. The monoisotopic (exact) mass is 466 g/mol. The molecule has 1 aliphatic heterocycles. The van der Waals surface area contributed by atoms with Crippen LogP contribution in [0.1, 0.15) is 28.5 Å². The third kappa shape index (κ3) is 4.83. The Hall–Kier alpha value is -2.70. The molecule has 1 aromatic heterocycles. The van der Waals surface area contributed by atoms with E-state index >= 15 is 0 Å². The molecule has 0 aliphatic carbocycles. The molecule has 146 valence electrons. The zero-order valence-electron chi connectivity index (χ0n) is 15.8. The fourth-order valence-electron chi connectivity index (χ4n) is 2.99. The van der Waals surface area contributed by atoms with Crippen LogP contribution in [0.2, 0.25) is 0 Å². The molecule has 1 amide bonds. The van der Waals surface area contributed by atoms with Gasteiger partial charge in [0.15, 0.2) is 5.13 Å². The van der Waals surface area contributed by atoms with E-state index in [1.807, 2.05) is 30.5 Å². The molecule has 0 unspecified atom stereocenters. The van der Waals surface area contributed by atoms with E-state index in [0.717, 1.165) is 27.8 Å². The highest BCUT2D eigenvalue weighted by Gasteiger charge is 2.14. The van der Waals surface area contributed by atoms with Crippen molar-refractivity contribution in [3.8, 4) is 5.75 Å². The molecule has 3 aromatic rings. The maximum atomic E-state index is 12.7. The number of nitrogens with one attached hydrogen (secondary N) is 1. The number of hydrogen-bond donors (Lipinski definition) is 1. The topological polar surface area (TPSA) is 51.2 Å². The minimum absolute atomic E-state index is 0.217. The van der Waals surface area contributed by atoms with Crippen molar-refractivity contribution in [1.29, 1.82) is 0 Å². The number of anilines is 1. The average molecular weight is 467 g/mol. The second kappa shape index (κ2) is 8.76. The molecule has 0 saturated heterocycles. The maximum Gasteiger partial charge on any atom is 0.257 e. The minimum Gasteiger partial charge on any atom is -0.464 e. The van der Waals surface area contributed by atoms with E-state index in [1.54, 1.807) is 6.08 Å². The zero-order chi connectivity index (χ0) is 20.2.